The number of rotatable bonds is 7. The second kappa shape index (κ2) is 7.09. The summed E-state index contributed by atoms with van der Waals surface area (Å²) in [5.74, 6) is 0. The maximum atomic E-state index is 11.0. The molecule has 110 valence electrons. The van der Waals surface area contributed by atoms with Gasteiger partial charge in [0.05, 0.1) is 11.0 Å². The highest BCUT2D eigenvalue weighted by Crippen LogP contribution is 2.25. The van der Waals surface area contributed by atoms with Crippen molar-refractivity contribution < 1.29 is 9.66 Å². The number of nitro benzene ring substituents is 1. The van der Waals surface area contributed by atoms with Crippen LogP contribution < -0.4 is 10.6 Å². The first kappa shape index (κ1) is 14.6. The molecule has 1 atom stereocenters. The molecule has 1 aromatic carbocycles. The van der Waals surface area contributed by atoms with Crippen molar-refractivity contribution in [1.82, 2.24) is 0 Å². The Morgan fingerprint density at radius 2 is 2.10 bits per heavy atom. The number of ether oxygens (including phenoxy) is 1. The summed E-state index contributed by atoms with van der Waals surface area (Å²) in [7, 11) is 0. The third-order valence-corrected chi connectivity index (χ3v) is 3.27. The molecule has 2 rings (SSSR count). The quantitative estimate of drug-likeness (QED) is 0.592. The molecule has 6 nitrogen and oxygen atoms in total. The SMILES string of the molecule is CCCNc1cc(NCC2CCCO2)cc([N+](=O)[O-])c1. The van der Waals surface area contributed by atoms with Crippen molar-refractivity contribution in [2.75, 3.05) is 30.3 Å². The standard InChI is InChI=1S/C14H21N3O3/c1-2-5-15-11-7-12(9-13(8-11)17(18)19)16-10-14-4-3-6-20-14/h7-9,14-16H,2-6,10H2,1H3. The number of nitrogens with zero attached hydrogens (tertiary/aromatic N) is 1. The van der Waals surface area contributed by atoms with Gasteiger partial charge in [0.2, 0.25) is 0 Å². The van der Waals surface area contributed by atoms with E-state index in [-0.39, 0.29) is 16.7 Å². The summed E-state index contributed by atoms with van der Waals surface area (Å²) >= 11 is 0. The Bertz CT molecular complexity index is 459. The van der Waals surface area contributed by atoms with Gasteiger partial charge < -0.3 is 15.4 Å². The topological polar surface area (TPSA) is 76.4 Å². The average Bonchev–Trinajstić information content (AvgIpc) is 2.96. The second-order valence-electron chi connectivity index (χ2n) is 4.97. The van der Waals surface area contributed by atoms with Crippen LogP contribution in [0.5, 0.6) is 0 Å². The van der Waals surface area contributed by atoms with Gasteiger partial charge in [-0.15, -0.1) is 0 Å². The van der Waals surface area contributed by atoms with Crippen LogP contribution in [0.1, 0.15) is 26.2 Å². The molecule has 1 saturated heterocycles. The number of benzene rings is 1. The van der Waals surface area contributed by atoms with Crippen LogP contribution in [0.4, 0.5) is 17.1 Å². The molecule has 1 aromatic rings. The molecule has 0 amide bonds. The van der Waals surface area contributed by atoms with Gasteiger partial charge in [-0.1, -0.05) is 6.92 Å². The third-order valence-electron chi connectivity index (χ3n) is 3.27. The van der Waals surface area contributed by atoms with Gasteiger partial charge in [-0.3, -0.25) is 10.1 Å². The lowest BCUT2D eigenvalue weighted by molar-refractivity contribution is -0.384. The largest absolute Gasteiger partial charge is 0.385 e. The molecule has 1 heterocycles. The number of non-ortho nitro benzene ring substituents is 1. The lowest BCUT2D eigenvalue weighted by Gasteiger charge is -2.13. The zero-order valence-corrected chi connectivity index (χ0v) is 11.7. The van der Waals surface area contributed by atoms with Gasteiger partial charge in [0.25, 0.3) is 5.69 Å². The van der Waals surface area contributed by atoms with E-state index in [1.807, 2.05) is 6.07 Å². The normalized spacial score (nSPS) is 17.9. The molecule has 1 fully saturated rings. The van der Waals surface area contributed by atoms with E-state index in [4.69, 9.17) is 4.74 Å². The van der Waals surface area contributed by atoms with Crippen molar-refractivity contribution in [2.24, 2.45) is 0 Å². The van der Waals surface area contributed by atoms with Crippen molar-refractivity contribution in [2.45, 2.75) is 32.3 Å². The van der Waals surface area contributed by atoms with E-state index in [2.05, 4.69) is 17.6 Å². The molecule has 20 heavy (non-hydrogen) atoms. The maximum Gasteiger partial charge on any atom is 0.273 e. The Hall–Kier alpha value is -1.82. The van der Waals surface area contributed by atoms with Gasteiger partial charge in [-0.25, -0.2) is 0 Å². The fourth-order valence-electron chi connectivity index (χ4n) is 2.23. The Labute approximate surface area is 118 Å². The summed E-state index contributed by atoms with van der Waals surface area (Å²) in [6.45, 7) is 4.35. The Morgan fingerprint density at radius 1 is 1.35 bits per heavy atom. The van der Waals surface area contributed by atoms with Crippen molar-refractivity contribution >= 4 is 17.1 Å². The molecule has 0 bridgehead atoms. The summed E-state index contributed by atoms with van der Waals surface area (Å²) in [6.07, 6.45) is 3.32. The van der Waals surface area contributed by atoms with E-state index in [0.717, 1.165) is 43.8 Å². The van der Waals surface area contributed by atoms with Crippen LogP contribution in [-0.2, 0) is 4.74 Å². The van der Waals surface area contributed by atoms with Gasteiger partial charge in [-0.05, 0) is 25.3 Å². The van der Waals surface area contributed by atoms with Gasteiger partial charge >= 0.3 is 0 Å². The van der Waals surface area contributed by atoms with E-state index in [1.54, 1.807) is 12.1 Å². The molecule has 0 aromatic heterocycles. The smallest absolute Gasteiger partial charge is 0.273 e. The Morgan fingerprint density at radius 3 is 2.70 bits per heavy atom. The van der Waals surface area contributed by atoms with Gasteiger partial charge in [0, 0.05) is 43.2 Å². The van der Waals surface area contributed by atoms with Crippen LogP contribution in [0.15, 0.2) is 18.2 Å². The molecule has 0 aliphatic carbocycles. The van der Waals surface area contributed by atoms with E-state index in [0.29, 0.717) is 6.54 Å². The summed E-state index contributed by atoms with van der Waals surface area (Å²) in [5.41, 5.74) is 1.63. The average molecular weight is 279 g/mol. The molecule has 1 unspecified atom stereocenters. The minimum atomic E-state index is -0.367. The van der Waals surface area contributed by atoms with Crippen molar-refractivity contribution in [3.63, 3.8) is 0 Å². The zero-order valence-electron chi connectivity index (χ0n) is 11.7. The minimum absolute atomic E-state index is 0.0981. The van der Waals surface area contributed by atoms with Crippen LogP contribution in [-0.4, -0.2) is 30.7 Å². The fourth-order valence-corrected chi connectivity index (χ4v) is 2.23. The van der Waals surface area contributed by atoms with Crippen molar-refractivity contribution in [3.05, 3.63) is 28.3 Å². The minimum Gasteiger partial charge on any atom is -0.385 e. The number of hydrogen-bond donors (Lipinski definition) is 2. The van der Waals surface area contributed by atoms with Crippen LogP contribution in [0.2, 0.25) is 0 Å². The number of nitrogens with one attached hydrogen (secondary N) is 2. The van der Waals surface area contributed by atoms with E-state index >= 15 is 0 Å². The van der Waals surface area contributed by atoms with E-state index in [9.17, 15) is 10.1 Å². The lowest BCUT2D eigenvalue weighted by Crippen LogP contribution is -2.18. The monoisotopic (exact) mass is 279 g/mol. The number of hydrogen-bond acceptors (Lipinski definition) is 5. The van der Waals surface area contributed by atoms with Gasteiger partial charge in [0.1, 0.15) is 0 Å². The molecule has 2 N–H and O–H groups in total. The molecule has 0 radical (unpaired) electrons. The highest BCUT2D eigenvalue weighted by atomic mass is 16.6. The lowest BCUT2D eigenvalue weighted by atomic mass is 10.2. The summed E-state index contributed by atoms with van der Waals surface area (Å²) in [5, 5.41) is 17.4. The first-order valence-corrected chi connectivity index (χ1v) is 7.08. The van der Waals surface area contributed by atoms with Gasteiger partial charge in [-0.2, -0.15) is 0 Å². The van der Waals surface area contributed by atoms with Crippen LogP contribution in [0.25, 0.3) is 0 Å². The predicted molar refractivity (Wildman–Crippen MR) is 79.3 cm³/mol. The molecular weight excluding hydrogens is 258 g/mol. The van der Waals surface area contributed by atoms with E-state index < -0.39 is 0 Å². The molecular formula is C14H21N3O3. The maximum absolute atomic E-state index is 11.0. The van der Waals surface area contributed by atoms with E-state index in [1.165, 1.54) is 0 Å². The molecule has 0 saturated carbocycles. The third kappa shape index (κ3) is 4.09. The molecule has 6 heteroatoms. The molecule has 1 aliphatic heterocycles. The summed E-state index contributed by atoms with van der Waals surface area (Å²) < 4.78 is 5.54. The van der Waals surface area contributed by atoms with Crippen LogP contribution in [0.3, 0.4) is 0 Å². The van der Waals surface area contributed by atoms with Gasteiger partial charge in [0.15, 0.2) is 0 Å². The Balaban J connectivity index is 2.04. The number of nitro groups is 1. The van der Waals surface area contributed by atoms with Crippen LogP contribution in [0, 0.1) is 10.1 Å². The zero-order chi connectivity index (χ0) is 14.4. The second-order valence-corrected chi connectivity index (χ2v) is 4.97. The highest BCUT2D eigenvalue weighted by Gasteiger charge is 2.16. The first-order chi connectivity index (χ1) is 9.69. The van der Waals surface area contributed by atoms with Crippen molar-refractivity contribution in [1.29, 1.82) is 0 Å². The first-order valence-electron chi connectivity index (χ1n) is 7.08. The molecule has 1 aliphatic rings. The van der Waals surface area contributed by atoms with Crippen molar-refractivity contribution in [3.8, 4) is 0 Å². The fraction of sp³-hybridized carbons (Fsp3) is 0.571. The Kier molecular flexibility index (Phi) is 5.17. The summed E-state index contributed by atoms with van der Waals surface area (Å²) in [6, 6.07) is 5.02. The highest BCUT2D eigenvalue weighted by molar-refractivity contribution is 5.63. The van der Waals surface area contributed by atoms with Crippen LogP contribution >= 0.6 is 0 Å². The number of anilines is 2. The molecule has 0 spiro atoms. The predicted octanol–water partition coefficient (Wildman–Crippen LogP) is 3.01. The summed E-state index contributed by atoms with van der Waals surface area (Å²) in [4.78, 5) is 10.6.